The van der Waals surface area contributed by atoms with Gasteiger partial charge in [-0.1, -0.05) is 23.2 Å². The zero-order chi connectivity index (χ0) is 15.6. The van der Waals surface area contributed by atoms with Crippen LogP contribution in [-0.2, 0) is 0 Å². The third-order valence-electron chi connectivity index (χ3n) is 2.84. The minimum atomic E-state index is -0.248. The molecule has 0 amide bonds. The van der Waals surface area contributed by atoms with Gasteiger partial charge in [0.2, 0.25) is 0 Å². The van der Waals surface area contributed by atoms with Gasteiger partial charge in [-0.25, -0.2) is 0 Å². The van der Waals surface area contributed by atoms with E-state index < -0.39 is 0 Å². The number of halogens is 3. The number of hydrogen-bond acceptors (Lipinski definition) is 3. The molecule has 0 aliphatic rings. The van der Waals surface area contributed by atoms with E-state index in [9.17, 15) is 4.79 Å². The van der Waals surface area contributed by atoms with Crippen LogP contribution >= 0.6 is 39.1 Å². The molecule has 0 bridgehead atoms. The van der Waals surface area contributed by atoms with E-state index in [2.05, 4.69) is 15.9 Å². The first-order valence-corrected chi connectivity index (χ1v) is 7.43. The molecule has 0 radical (unpaired) electrons. The highest BCUT2D eigenvalue weighted by atomic mass is 79.9. The van der Waals surface area contributed by atoms with Crippen LogP contribution in [0.2, 0.25) is 10.0 Å². The highest BCUT2D eigenvalue weighted by Gasteiger charge is 2.18. The van der Waals surface area contributed by atoms with Crippen molar-refractivity contribution >= 4 is 44.9 Å². The molecule has 2 rings (SSSR count). The second-order valence-electron chi connectivity index (χ2n) is 4.17. The summed E-state index contributed by atoms with van der Waals surface area (Å²) in [4.78, 5) is 12.6. The van der Waals surface area contributed by atoms with Gasteiger partial charge in [0.1, 0.15) is 11.5 Å². The van der Waals surface area contributed by atoms with E-state index in [1.165, 1.54) is 14.2 Å². The Labute approximate surface area is 140 Å². The van der Waals surface area contributed by atoms with E-state index in [1.54, 1.807) is 30.3 Å². The summed E-state index contributed by atoms with van der Waals surface area (Å²) < 4.78 is 11.2. The molecule has 0 atom stereocenters. The zero-order valence-corrected chi connectivity index (χ0v) is 14.3. The molecular formula is C15H11BrCl2O3. The smallest absolute Gasteiger partial charge is 0.196 e. The number of benzene rings is 2. The average Bonchev–Trinajstić information content (AvgIpc) is 2.45. The van der Waals surface area contributed by atoms with Crippen LogP contribution in [0.3, 0.4) is 0 Å². The number of ketones is 1. The van der Waals surface area contributed by atoms with Crippen molar-refractivity contribution in [2.24, 2.45) is 0 Å². The van der Waals surface area contributed by atoms with Crippen molar-refractivity contribution in [2.75, 3.05) is 14.2 Å². The van der Waals surface area contributed by atoms with Gasteiger partial charge in [0.15, 0.2) is 5.78 Å². The van der Waals surface area contributed by atoms with E-state index in [-0.39, 0.29) is 5.78 Å². The fourth-order valence-corrected chi connectivity index (χ4v) is 2.89. The maximum Gasteiger partial charge on any atom is 0.196 e. The standard InChI is InChI=1S/C15H11BrCl2O3/c1-20-13-7-12(16)14(21-2)6-11(13)15(19)8-3-9(17)5-10(18)4-8/h3-7H,1-2H3. The molecule has 0 aliphatic heterocycles. The van der Waals surface area contributed by atoms with Crippen molar-refractivity contribution < 1.29 is 14.3 Å². The summed E-state index contributed by atoms with van der Waals surface area (Å²) in [5, 5.41) is 0.794. The van der Waals surface area contributed by atoms with E-state index in [0.29, 0.717) is 37.1 Å². The third-order valence-corrected chi connectivity index (χ3v) is 3.90. The first-order chi connectivity index (χ1) is 9.96. The lowest BCUT2D eigenvalue weighted by Gasteiger charge is -2.12. The quantitative estimate of drug-likeness (QED) is 0.690. The van der Waals surface area contributed by atoms with Crippen LogP contribution in [-0.4, -0.2) is 20.0 Å². The van der Waals surface area contributed by atoms with Crippen molar-refractivity contribution in [3.8, 4) is 11.5 Å². The molecule has 0 N–H and O–H groups in total. The van der Waals surface area contributed by atoms with Gasteiger partial charge in [-0.05, 0) is 46.3 Å². The summed E-state index contributed by atoms with van der Waals surface area (Å²) in [7, 11) is 3.02. The molecule has 2 aromatic carbocycles. The third kappa shape index (κ3) is 3.51. The van der Waals surface area contributed by atoms with Crippen LogP contribution in [0, 0.1) is 0 Å². The van der Waals surface area contributed by atoms with Crippen LogP contribution in [0.15, 0.2) is 34.8 Å². The number of rotatable bonds is 4. The van der Waals surface area contributed by atoms with Crippen molar-refractivity contribution in [2.45, 2.75) is 0 Å². The van der Waals surface area contributed by atoms with Gasteiger partial charge in [0.25, 0.3) is 0 Å². The van der Waals surface area contributed by atoms with E-state index in [1.807, 2.05) is 0 Å². The average molecular weight is 390 g/mol. The molecule has 3 nitrogen and oxygen atoms in total. The van der Waals surface area contributed by atoms with Gasteiger partial charge in [-0.2, -0.15) is 0 Å². The van der Waals surface area contributed by atoms with Crippen LogP contribution in [0.25, 0.3) is 0 Å². The van der Waals surface area contributed by atoms with E-state index in [0.717, 1.165) is 0 Å². The van der Waals surface area contributed by atoms with Gasteiger partial charge >= 0.3 is 0 Å². The molecule has 0 unspecified atom stereocenters. The van der Waals surface area contributed by atoms with Gasteiger partial charge in [-0.3, -0.25) is 4.79 Å². The van der Waals surface area contributed by atoms with E-state index in [4.69, 9.17) is 32.7 Å². The van der Waals surface area contributed by atoms with Crippen LogP contribution in [0.1, 0.15) is 15.9 Å². The number of carbonyl (C=O) groups excluding carboxylic acids is 1. The summed E-state index contributed by atoms with van der Waals surface area (Å²) >= 11 is 15.2. The summed E-state index contributed by atoms with van der Waals surface area (Å²) in [6.07, 6.45) is 0. The molecule has 21 heavy (non-hydrogen) atoms. The predicted molar refractivity (Wildman–Crippen MR) is 87.1 cm³/mol. The van der Waals surface area contributed by atoms with Crippen LogP contribution in [0.4, 0.5) is 0 Å². The molecule has 0 saturated heterocycles. The normalized spacial score (nSPS) is 10.3. The van der Waals surface area contributed by atoms with Crippen LogP contribution < -0.4 is 9.47 Å². The first kappa shape index (κ1) is 16.1. The molecule has 110 valence electrons. The Morgan fingerprint density at radius 2 is 1.52 bits per heavy atom. The summed E-state index contributed by atoms with van der Waals surface area (Å²) in [6, 6.07) is 7.98. The van der Waals surface area contributed by atoms with Gasteiger partial charge in [0.05, 0.1) is 24.3 Å². The molecule has 0 aliphatic carbocycles. The molecule has 0 spiro atoms. The Hall–Kier alpha value is -1.23. The largest absolute Gasteiger partial charge is 0.496 e. The highest BCUT2D eigenvalue weighted by Crippen LogP contribution is 2.34. The molecule has 0 saturated carbocycles. The van der Waals surface area contributed by atoms with Crippen molar-refractivity contribution in [1.82, 2.24) is 0 Å². The van der Waals surface area contributed by atoms with E-state index >= 15 is 0 Å². The lowest BCUT2D eigenvalue weighted by atomic mass is 10.0. The predicted octanol–water partition coefficient (Wildman–Crippen LogP) is 5.00. The Morgan fingerprint density at radius 1 is 0.952 bits per heavy atom. The van der Waals surface area contributed by atoms with Crippen molar-refractivity contribution in [1.29, 1.82) is 0 Å². The van der Waals surface area contributed by atoms with Crippen molar-refractivity contribution in [3.05, 3.63) is 56.0 Å². The highest BCUT2D eigenvalue weighted by molar-refractivity contribution is 9.10. The number of ether oxygens (including phenoxy) is 2. The zero-order valence-electron chi connectivity index (χ0n) is 11.2. The Kier molecular flexibility index (Phi) is 5.14. The molecule has 0 heterocycles. The number of methoxy groups -OCH3 is 2. The monoisotopic (exact) mass is 388 g/mol. The maximum atomic E-state index is 12.6. The molecule has 0 aromatic heterocycles. The molecule has 6 heteroatoms. The van der Waals surface area contributed by atoms with Gasteiger partial charge < -0.3 is 9.47 Å². The molecular weight excluding hydrogens is 379 g/mol. The fraction of sp³-hybridized carbons (Fsp3) is 0.133. The molecule has 2 aromatic rings. The minimum Gasteiger partial charge on any atom is -0.496 e. The number of hydrogen-bond donors (Lipinski definition) is 0. The second kappa shape index (κ2) is 6.69. The summed E-state index contributed by atoms with van der Waals surface area (Å²) in [5.41, 5.74) is 0.756. The maximum absolute atomic E-state index is 12.6. The Bertz CT molecular complexity index is 681. The SMILES string of the molecule is COc1cc(C(=O)c2cc(Cl)cc(Cl)c2)c(OC)cc1Br. The van der Waals surface area contributed by atoms with Crippen LogP contribution in [0.5, 0.6) is 11.5 Å². The fourth-order valence-electron chi connectivity index (χ4n) is 1.88. The number of carbonyl (C=O) groups is 1. The van der Waals surface area contributed by atoms with Gasteiger partial charge in [-0.15, -0.1) is 0 Å². The lowest BCUT2D eigenvalue weighted by molar-refractivity contribution is 0.103. The second-order valence-corrected chi connectivity index (χ2v) is 5.90. The summed E-state index contributed by atoms with van der Waals surface area (Å²) in [6.45, 7) is 0. The van der Waals surface area contributed by atoms with Gasteiger partial charge in [0, 0.05) is 15.6 Å². The van der Waals surface area contributed by atoms with Crippen molar-refractivity contribution in [3.63, 3.8) is 0 Å². The summed E-state index contributed by atoms with van der Waals surface area (Å²) in [5.74, 6) is 0.720. The lowest BCUT2D eigenvalue weighted by Crippen LogP contribution is -2.05. The minimum absolute atomic E-state index is 0.248. The molecule has 0 fully saturated rings. The topological polar surface area (TPSA) is 35.5 Å². The first-order valence-electron chi connectivity index (χ1n) is 5.88. The Morgan fingerprint density at radius 3 is 2.05 bits per heavy atom. The Balaban J connectivity index is 2.56.